The smallest absolute Gasteiger partial charge is 0.266 e. The summed E-state index contributed by atoms with van der Waals surface area (Å²) < 4.78 is 0. The number of piperidine rings is 1. The Morgan fingerprint density at radius 2 is 1.87 bits per heavy atom. The van der Waals surface area contributed by atoms with Crippen LogP contribution in [0.3, 0.4) is 0 Å². The monoisotopic (exact) mass is 423 g/mol. The normalized spacial score (nSPS) is 32.4. The zero-order valence-electron chi connectivity index (χ0n) is 17.9. The molecule has 3 fully saturated rings. The van der Waals surface area contributed by atoms with Gasteiger partial charge in [0.15, 0.2) is 0 Å². The van der Waals surface area contributed by atoms with Crippen LogP contribution in [-0.2, 0) is 11.2 Å². The molecule has 158 valence electrons. The maximum absolute atomic E-state index is 13.8. The Labute approximate surface area is 182 Å². The molecule has 0 spiro atoms. The molecule has 1 aliphatic carbocycles. The third kappa shape index (κ3) is 2.83. The van der Waals surface area contributed by atoms with Gasteiger partial charge in [0.05, 0.1) is 23.3 Å². The number of rotatable bonds is 3. The second-order valence-electron chi connectivity index (χ2n) is 9.40. The van der Waals surface area contributed by atoms with Crippen LogP contribution in [0.4, 0.5) is 0 Å². The van der Waals surface area contributed by atoms with E-state index in [4.69, 9.17) is 0 Å². The maximum Gasteiger partial charge on any atom is 0.266 e. The highest BCUT2D eigenvalue weighted by Gasteiger charge is 2.64. The summed E-state index contributed by atoms with van der Waals surface area (Å²) in [4.78, 5) is 36.1. The van der Waals surface area contributed by atoms with Crippen molar-refractivity contribution in [3.05, 3.63) is 52.0 Å². The van der Waals surface area contributed by atoms with E-state index in [2.05, 4.69) is 46.0 Å². The fourth-order valence-electron chi connectivity index (χ4n) is 6.55. The SMILES string of the molecule is CC(=O)N1[C@@H](Cc2ccccc2)[C@@H]2C[C@@]3(C)[C@H](CCC[C@@H]13)N2C(=O)c1scnc1C. The van der Waals surface area contributed by atoms with Crippen molar-refractivity contribution in [3.8, 4) is 0 Å². The van der Waals surface area contributed by atoms with E-state index in [1.165, 1.54) is 16.9 Å². The summed E-state index contributed by atoms with van der Waals surface area (Å²) in [6.07, 6.45) is 4.89. The van der Waals surface area contributed by atoms with Crippen LogP contribution in [0.5, 0.6) is 0 Å². The van der Waals surface area contributed by atoms with Gasteiger partial charge in [0.25, 0.3) is 5.91 Å². The van der Waals surface area contributed by atoms with E-state index >= 15 is 0 Å². The lowest BCUT2D eigenvalue weighted by atomic mass is 9.64. The molecule has 6 heteroatoms. The van der Waals surface area contributed by atoms with Crippen molar-refractivity contribution in [2.24, 2.45) is 5.41 Å². The summed E-state index contributed by atoms with van der Waals surface area (Å²) in [6.45, 7) is 5.94. The number of thiazole rings is 1. The van der Waals surface area contributed by atoms with Crippen LogP contribution >= 0.6 is 11.3 Å². The molecule has 3 heterocycles. The molecule has 2 amide bonds. The third-order valence-electron chi connectivity index (χ3n) is 7.78. The van der Waals surface area contributed by atoms with Gasteiger partial charge < -0.3 is 9.80 Å². The summed E-state index contributed by atoms with van der Waals surface area (Å²) in [5.41, 5.74) is 3.77. The van der Waals surface area contributed by atoms with E-state index in [0.29, 0.717) is 0 Å². The van der Waals surface area contributed by atoms with Gasteiger partial charge in [-0.25, -0.2) is 4.98 Å². The third-order valence-corrected chi connectivity index (χ3v) is 8.70. The molecular formula is C24H29N3O2S. The van der Waals surface area contributed by atoms with E-state index in [1.54, 1.807) is 12.4 Å². The summed E-state index contributed by atoms with van der Waals surface area (Å²) in [5, 5.41) is 0. The maximum atomic E-state index is 13.8. The van der Waals surface area contributed by atoms with Gasteiger partial charge in [-0.1, -0.05) is 37.3 Å². The molecular weight excluding hydrogens is 394 g/mol. The molecule has 0 radical (unpaired) electrons. The van der Waals surface area contributed by atoms with Crippen molar-refractivity contribution >= 4 is 23.2 Å². The van der Waals surface area contributed by atoms with Gasteiger partial charge in [-0.05, 0) is 44.6 Å². The minimum absolute atomic E-state index is 0.0169. The predicted molar refractivity (Wildman–Crippen MR) is 117 cm³/mol. The number of hydrogen-bond donors (Lipinski definition) is 0. The predicted octanol–water partition coefficient (Wildman–Crippen LogP) is 4.07. The number of aromatic nitrogens is 1. The van der Waals surface area contributed by atoms with Crippen molar-refractivity contribution in [1.82, 2.24) is 14.8 Å². The topological polar surface area (TPSA) is 53.5 Å². The van der Waals surface area contributed by atoms with E-state index in [-0.39, 0.29) is 41.4 Å². The molecule has 1 aromatic heterocycles. The van der Waals surface area contributed by atoms with Crippen LogP contribution in [0.1, 0.15) is 60.5 Å². The second-order valence-corrected chi connectivity index (χ2v) is 10.3. The molecule has 2 saturated heterocycles. The van der Waals surface area contributed by atoms with Gasteiger partial charge in [0.1, 0.15) is 4.88 Å². The average molecular weight is 424 g/mol. The molecule has 2 aromatic rings. The summed E-state index contributed by atoms with van der Waals surface area (Å²) in [7, 11) is 0. The molecule has 0 unspecified atom stereocenters. The number of hydrogen-bond acceptors (Lipinski definition) is 4. The quantitative estimate of drug-likeness (QED) is 0.748. The number of nitrogens with zero attached hydrogens (tertiary/aromatic N) is 3. The highest BCUT2D eigenvalue weighted by Crippen LogP contribution is 2.57. The van der Waals surface area contributed by atoms with Gasteiger partial charge >= 0.3 is 0 Å². The van der Waals surface area contributed by atoms with Gasteiger partial charge in [0, 0.05) is 24.4 Å². The lowest BCUT2D eigenvalue weighted by Crippen LogP contribution is -2.62. The van der Waals surface area contributed by atoms with Crippen LogP contribution in [0.2, 0.25) is 0 Å². The number of likely N-dealkylation sites (tertiary alicyclic amines) is 2. The standard InChI is InChI=1S/C24H29N3O2S/c1-15-22(30-14-25-15)23(29)27-19-13-24(3)20(10-7-11-21(24)27)26(16(2)28)18(19)12-17-8-5-4-6-9-17/h4-6,8-9,14,18-21H,7,10-13H2,1-3H3/t18-,19-,20+,21-,24+/m0/s1. The van der Waals surface area contributed by atoms with E-state index in [9.17, 15) is 9.59 Å². The van der Waals surface area contributed by atoms with Crippen LogP contribution in [-0.4, -0.2) is 50.8 Å². The molecule has 5 atom stereocenters. The molecule has 2 aliphatic heterocycles. The molecule has 5 rings (SSSR count). The molecule has 1 saturated carbocycles. The fraction of sp³-hybridized carbons (Fsp3) is 0.542. The first-order chi connectivity index (χ1) is 14.4. The van der Waals surface area contributed by atoms with Gasteiger partial charge in [-0.2, -0.15) is 0 Å². The first kappa shape index (κ1) is 19.7. The molecule has 0 N–H and O–H groups in total. The Bertz CT molecular complexity index is 974. The number of carbonyl (C=O) groups is 2. The van der Waals surface area contributed by atoms with E-state index < -0.39 is 0 Å². The molecule has 3 aliphatic rings. The van der Waals surface area contributed by atoms with Gasteiger partial charge in [0.2, 0.25) is 5.91 Å². The number of carbonyl (C=O) groups excluding carboxylic acids is 2. The Kier molecular flexibility index (Phi) is 4.73. The molecule has 5 nitrogen and oxygen atoms in total. The zero-order valence-corrected chi connectivity index (χ0v) is 18.7. The van der Waals surface area contributed by atoms with Crippen molar-refractivity contribution < 1.29 is 9.59 Å². The Morgan fingerprint density at radius 1 is 1.17 bits per heavy atom. The Hall–Kier alpha value is -2.21. The van der Waals surface area contributed by atoms with Crippen LogP contribution < -0.4 is 0 Å². The number of benzene rings is 1. The van der Waals surface area contributed by atoms with Crippen molar-refractivity contribution in [2.45, 2.75) is 77.0 Å². The lowest BCUT2D eigenvalue weighted by Gasteiger charge is -2.52. The fourth-order valence-corrected chi connectivity index (χ4v) is 7.30. The number of aryl methyl sites for hydroxylation is 1. The van der Waals surface area contributed by atoms with Crippen LogP contribution in [0.15, 0.2) is 35.8 Å². The lowest BCUT2D eigenvalue weighted by molar-refractivity contribution is -0.142. The minimum atomic E-state index is -0.0317. The highest BCUT2D eigenvalue weighted by molar-refractivity contribution is 7.11. The second kappa shape index (κ2) is 7.19. The summed E-state index contributed by atoms with van der Waals surface area (Å²) in [6, 6.07) is 10.9. The van der Waals surface area contributed by atoms with E-state index in [0.717, 1.165) is 42.7 Å². The number of fused-ring (bicyclic) bond motifs is 1. The highest BCUT2D eigenvalue weighted by atomic mass is 32.1. The van der Waals surface area contributed by atoms with Crippen molar-refractivity contribution in [1.29, 1.82) is 0 Å². The summed E-state index contributed by atoms with van der Waals surface area (Å²) in [5.74, 6) is 0.249. The van der Waals surface area contributed by atoms with Gasteiger partial charge in [-0.3, -0.25) is 9.59 Å². The van der Waals surface area contributed by atoms with Crippen molar-refractivity contribution in [3.63, 3.8) is 0 Å². The molecule has 30 heavy (non-hydrogen) atoms. The largest absolute Gasteiger partial charge is 0.334 e. The van der Waals surface area contributed by atoms with Gasteiger partial charge in [-0.15, -0.1) is 11.3 Å². The minimum Gasteiger partial charge on any atom is -0.334 e. The molecule has 2 bridgehead atoms. The van der Waals surface area contributed by atoms with E-state index in [1.807, 2.05) is 13.0 Å². The Morgan fingerprint density at radius 3 is 2.50 bits per heavy atom. The molecule has 1 aromatic carbocycles. The Balaban J connectivity index is 1.60. The first-order valence-electron chi connectivity index (χ1n) is 11.0. The first-order valence-corrected chi connectivity index (χ1v) is 11.9. The van der Waals surface area contributed by atoms with Crippen molar-refractivity contribution in [2.75, 3.05) is 0 Å². The van der Waals surface area contributed by atoms with Crippen LogP contribution in [0.25, 0.3) is 0 Å². The van der Waals surface area contributed by atoms with Crippen LogP contribution in [0, 0.1) is 12.3 Å². The average Bonchev–Trinajstić information content (AvgIpc) is 3.28. The number of amides is 2. The zero-order chi connectivity index (χ0) is 21.0. The summed E-state index contributed by atoms with van der Waals surface area (Å²) >= 11 is 1.44.